The van der Waals surface area contributed by atoms with Crippen molar-refractivity contribution in [2.45, 2.75) is 32.6 Å². The molecule has 74 valence electrons. The van der Waals surface area contributed by atoms with Crippen molar-refractivity contribution in [3.05, 3.63) is 17.0 Å². The Labute approximate surface area is 83.1 Å². The third-order valence-corrected chi connectivity index (χ3v) is 3.74. The fourth-order valence-corrected chi connectivity index (χ4v) is 2.65. The molecule has 0 amide bonds. The molecule has 0 radical (unpaired) electrons. The quantitative estimate of drug-likeness (QED) is 0.623. The van der Waals surface area contributed by atoms with E-state index in [0.29, 0.717) is 5.78 Å². The largest absolute Gasteiger partial charge is 0.293 e. The molecule has 2 aliphatic carbocycles. The average molecular weight is 190 g/mol. The van der Waals surface area contributed by atoms with Crippen LogP contribution in [0.3, 0.4) is 0 Å². The van der Waals surface area contributed by atoms with Crippen molar-refractivity contribution >= 4 is 5.78 Å². The van der Waals surface area contributed by atoms with E-state index >= 15 is 0 Å². The topological polar surface area (TPSA) is 34.9 Å². The molecule has 0 saturated heterocycles. The molecule has 0 atom stereocenters. The van der Waals surface area contributed by atoms with Crippen LogP contribution in [-0.2, 0) is 13.5 Å². The number of hydrogen-bond donors (Lipinski definition) is 0. The Morgan fingerprint density at radius 3 is 2.71 bits per heavy atom. The number of rotatable bonds is 0. The number of Topliss-reactive ketones (excluding diaryl/α,β-unsaturated/α-hetero) is 1. The molecule has 1 fully saturated rings. The summed E-state index contributed by atoms with van der Waals surface area (Å²) in [6.45, 7) is 1.94. The highest BCUT2D eigenvalue weighted by atomic mass is 16.1. The van der Waals surface area contributed by atoms with E-state index in [1.54, 1.807) is 0 Å². The third-order valence-electron chi connectivity index (χ3n) is 3.74. The SMILES string of the molecule is Cc1nn(C)c2c1C(=O)C1(CC2)CC1. The van der Waals surface area contributed by atoms with E-state index in [0.717, 1.165) is 42.6 Å². The van der Waals surface area contributed by atoms with E-state index in [1.807, 2.05) is 18.7 Å². The maximum Gasteiger partial charge on any atom is 0.172 e. The van der Waals surface area contributed by atoms with Gasteiger partial charge in [-0.15, -0.1) is 0 Å². The maximum absolute atomic E-state index is 12.2. The van der Waals surface area contributed by atoms with Crippen molar-refractivity contribution in [3.63, 3.8) is 0 Å². The number of carbonyl (C=O) groups excluding carboxylic acids is 1. The molecule has 0 N–H and O–H groups in total. The zero-order valence-corrected chi connectivity index (χ0v) is 8.63. The summed E-state index contributed by atoms with van der Waals surface area (Å²) in [5.74, 6) is 0.365. The van der Waals surface area contributed by atoms with Crippen molar-refractivity contribution in [3.8, 4) is 0 Å². The summed E-state index contributed by atoms with van der Waals surface area (Å²) in [4.78, 5) is 12.2. The Bertz CT molecular complexity index is 427. The van der Waals surface area contributed by atoms with E-state index < -0.39 is 0 Å². The lowest BCUT2D eigenvalue weighted by Crippen LogP contribution is -2.24. The zero-order valence-electron chi connectivity index (χ0n) is 8.63. The van der Waals surface area contributed by atoms with E-state index in [9.17, 15) is 4.79 Å². The van der Waals surface area contributed by atoms with E-state index in [1.165, 1.54) is 0 Å². The van der Waals surface area contributed by atoms with Gasteiger partial charge in [-0.1, -0.05) is 0 Å². The van der Waals surface area contributed by atoms with Gasteiger partial charge in [-0.25, -0.2) is 0 Å². The molecule has 1 aromatic heterocycles. The predicted molar refractivity (Wildman–Crippen MR) is 52.3 cm³/mol. The van der Waals surface area contributed by atoms with Crippen LogP contribution in [0.1, 0.15) is 41.0 Å². The Morgan fingerprint density at radius 1 is 1.36 bits per heavy atom. The molecule has 3 nitrogen and oxygen atoms in total. The minimum Gasteiger partial charge on any atom is -0.293 e. The lowest BCUT2D eigenvalue weighted by molar-refractivity contribution is 0.0878. The van der Waals surface area contributed by atoms with Crippen LogP contribution in [0.5, 0.6) is 0 Å². The van der Waals surface area contributed by atoms with Crippen molar-refractivity contribution in [2.75, 3.05) is 0 Å². The van der Waals surface area contributed by atoms with Gasteiger partial charge in [0.2, 0.25) is 0 Å². The van der Waals surface area contributed by atoms with Crippen molar-refractivity contribution in [1.82, 2.24) is 9.78 Å². The summed E-state index contributed by atoms with van der Waals surface area (Å²) in [6.07, 6.45) is 4.26. The van der Waals surface area contributed by atoms with Gasteiger partial charge in [0.05, 0.1) is 11.3 Å². The highest BCUT2D eigenvalue weighted by Crippen LogP contribution is 2.54. The number of hydrogen-bond acceptors (Lipinski definition) is 2. The number of aromatic nitrogens is 2. The third kappa shape index (κ3) is 0.825. The van der Waals surface area contributed by atoms with Crippen LogP contribution in [0, 0.1) is 12.3 Å². The monoisotopic (exact) mass is 190 g/mol. The van der Waals surface area contributed by atoms with Crippen LogP contribution in [-0.4, -0.2) is 15.6 Å². The number of nitrogens with zero attached hydrogens (tertiary/aromatic N) is 2. The first-order chi connectivity index (χ1) is 6.64. The number of aryl methyl sites for hydroxylation is 2. The van der Waals surface area contributed by atoms with E-state index in [-0.39, 0.29) is 5.41 Å². The second kappa shape index (κ2) is 2.27. The van der Waals surface area contributed by atoms with E-state index in [2.05, 4.69) is 5.10 Å². The molecule has 0 aliphatic heterocycles. The first-order valence-corrected chi connectivity index (χ1v) is 5.21. The van der Waals surface area contributed by atoms with Crippen molar-refractivity contribution in [2.24, 2.45) is 12.5 Å². The van der Waals surface area contributed by atoms with Gasteiger partial charge in [-0.2, -0.15) is 5.10 Å². The predicted octanol–water partition coefficient (Wildman–Crippen LogP) is 1.64. The summed E-state index contributed by atoms with van der Waals surface area (Å²) in [5.41, 5.74) is 3.03. The lowest BCUT2D eigenvalue weighted by atomic mass is 9.82. The molecule has 0 unspecified atom stereocenters. The fourth-order valence-electron chi connectivity index (χ4n) is 2.65. The highest BCUT2D eigenvalue weighted by Gasteiger charge is 2.53. The Balaban J connectivity index is 2.19. The zero-order chi connectivity index (χ0) is 9.92. The first-order valence-electron chi connectivity index (χ1n) is 5.21. The van der Waals surface area contributed by atoms with Gasteiger partial charge in [0, 0.05) is 18.2 Å². The second-order valence-corrected chi connectivity index (χ2v) is 4.64. The summed E-state index contributed by atoms with van der Waals surface area (Å²) in [5, 5.41) is 4.33. The molecule has 1 heterocycles. The minimum atomic E-state index is 0.0425. The molecule has 2 aliphatic rings. The van der Waals surface area contributed by atoms with Crippen LogP contribution in [0.15, 0.2) is 0 Å². The highest BCUT2D eigenvalue weighted by molar-refractivity contribution is 6.05. The first kappa shape index (κ1) is 8.21. The van der Waals surface area contributed by atoms with Gasteiger partial charge in [-0.3, -0.25) is 9.48 Å². The Kier molecular flexibility index (Phi) is 1.33. The van der Waals surface area contributed by atoms with Gasteiger partial charge >= 0.3 is 0 Å². The van der Waals surface area contributed by atoms with Crippen molar-refractivity contribution in [1.29, 1.82) is 0 Å². The van der Waals surface area contributed by atoms with Crippen LogP contribution in [0.4, 0.5) is 0 Å². The molecule has 1 aromatic rings. The molecular formula is C11H14N2O. The van der Waals surface area contributed by atoms with Crippen LogP contribution in [0.2, 0.25) is 0 Å². The van der Waals surface area contributed by atoms with Crippen molar-refractivity contribution < 1.29 is 4.79 Å². The minimum absolute atomic E-state index is 0.0425. The summed E-state index contributed by atoms with van der Waals surface area (Å²) in [6, 6.07) is 0. The van der Waals surface area contributed by atoms with Gasteiger partial charge in [-0.05, 0) is 32.6 Å². The van der Waals surface area contributed by atoms with E-state index in [4.69, 9.17) is 0 Å². The molecule has 14 heavy (non-hydrogen) atoms. The standard InChI is InChI=1S/C11H14N2O/c1-7-9-8(13(2)12-7)3-4-11(5-6-11)10(9)14/h3-6H2,1-2H3. The number of fused-ring (bicyclic) bond motifs is 1. The molecular weight excluding hydrogens is 176 g/mol. The Morgan fingerprint density at radius 2 is 2.07 bits per heavy atom. The average Bonchev–Trinajstić information content (AvgIpc) is 2.84. The molecule has 1 saturated carbocycles. The summed E-state index contributed by atoms with van der Waals surface area (Å²) >= 11 is 0. The lowest BCUT2D eigenvalue weighted by Gasteiger charge is -2.20. The van der Waals surface area contributed by atoms with Crippen LogP contribution < -0.4 is 0 Å². The van der Waals surface area contributed by atoms with Gasteiger partial charge in [0.15, 0.2) is 5.78 Å². The van der Waals surface area contributed by atoms with Gasteiger partial charge < -0.3 is 0 Å². The molecule has 3 rings (SSSR count). The maximum atomic E-state index is 12.2. The number of carbonyl (C=O) groups is 1. The smallest absolute Gasteiger partial charge is 0.172 e. The van der Waals surface area contributed by atoms with Gasteiger partial charge in [0.25, 0.3) is 0 Å². The summed E-state index contributed by atoms with van der Waals surface area (Å²) in [7, 11) is 1.93. The van der Waals surface area contributed by atoms with Crippen LogP contribution in [0.25, 0.3) is 0 Å². The molecule has 1 spiro atoms. The normalized spacial score (nSPS) is 22.6. The molecule has 3 heteroatoms. The van der Waals surface area contributed by atoms with Gasteiger partial charge in [0.1, 0.15) is 0 Å². The fraction of sp³-hybridized carbons (Fsp3) is 0.636. The molecule has 0 bridgehead atoms. The number of ketones is 1. The second-order valence-electron chi connectivity index (χ2n) is 4.64. The Hall–Kier alpha value is -1.12. The van der Waals surface area contributed by atoms with Crippen LogP contribution >= 0.6 is 0 Å². The molecule has 0 aromatic carbocycles. The summed E-state index contributed by atoms with van der Waals surface area (Å²) < 4.78 is 1.87.